The first kappa shape index (κ1) is 22.3. The van der Waals surface area contributed by atoms with Crippen LogP contribution in [0.15, 0.2) is 35.5 Å². The first-order chi connectivity index (χ1) is 14.3. The van der Waals surface area contributed by atoms with Crippen LogP contribution in [0.5, 0.6) is 0 Å². The average molecular weight is 414 g/mol. The van der Waals surface area contributed by atoms with Crippen molar-refractivity contribution in [3.8, 4) is 0 Å². The Labute approximate surface area is 183 Å². The molecule has 1 aliphatic heterocycles. The zero-order valence-corrected chi connectivity index (χ0v) is 19.4. The average Bonchev–Trinajstić information content (AvgIpc) is 3.26. The van der Waals surface area contributed by atoms with Crippen LogP contribution in [-0.4, -0.2) is 47.0 Å². The molecule has 0 aromatic rings. The summed E-state index contributed by atoms with van der Waals surface area (Å²) >= 11 is 0. The number of hydrogen-bond donors (Lipinski definition) is 2. The number of aliphatic hydroxyl groups excluding tert-OH is 2. The summed E-state index contributed by atoms with van der Waals surface area (Å²) < 4.78 is 0. The summed E-state index contributed by atoms with van der Waals surface area (Å²) in [5.41, 5.74) is 3.79. The van der Waals surface area contributed by atoms with Gasteiger partial charge in [0.05, 0.1) is 12.2 Å². The number of allylic oxidation sites excluding steroid dienone is 3. The molecule has 0 spiro atoms. The number of aliphatic hydroxyl groups is 2. The Morgan fingerprint density at radius 1 is 1.17 bits per heavy atom. The maximum atomic E-state index is 10.2. The van der Waals surface area contributed by atoms with Crippen molar-refractivity contribution in [2.45, 2.75) is 84.3 Å². The third-order valence-electron chi connectivity index (χ3n) is 9.08. The molecular weight excluding hydrogens is 370 g/mol. The number of fused-ring (bicyclic) bond motifs is 1. The van der Waals surface area contributed by atoms with Crippen molar-refractivity contribution >= 4 is 0 Å². The second-order valence-corrected chi connectivity index (χ2v) is 11.3. The van der Waals surface area contributed by atoms with Gasteiger partial charge in [-0.15, -0.1) is 0 Å². The zero-order valence-electron chi connectivity index (χ0n) is 19.4. The Morgan fingerprint density at radius 2 is 1.90 bits per heavy atom. The van der Waals surface area contributed by atoms with E-state index in [0.29, 0.717) is 29.7 Å². The van der Waals surface area contributed by atoms with Gasteiger partial charge in [-0.2, -0.15) is 0 Å². The van der Waals surface area contributed by atoms with E-state index in [9.17, 15) is 10.2 Å². The first-order valence-electron chi connectivity index (χ1n) is 12.4. The minimum atomic E-state index is -0.597. The molecule has 3 saturated carbocycles. The highest BCUT2D eigenvalue weighted by Gasteiger charge is 2.50. The van der Waals surface area contributed by atoms with E-state index < -0.39 is 12.2 Å². The lowest BCUT2D eigenvalue weighted by molar-refractivity contribution is 0.0818. The largest absolute Gasteiger partial charge is 0.388 e. The fraction of sp³-hybridized carbons (Fsp3) is 0.778. The maximum absolute atomic E-state index is 10.2. The molecule has 0 radical (unpaired) electrons. The van der Waals surface area contributed by atoms with Crippen molar-refractivity contribution in [3.63, 3.8) is 0 Å². The second kappa shape index (κ2) is 8.92. The van der Waals surface area contributed by atoms with Gasteiger partial charge in [-0.1, -0.05) is 50.6 Å². The van der Waals surface area contributed by atoms with Crippen LogP contribution in [0.3, 0.4) is 0 Å². The smallest absolute Gasteiger partial charge is 0.0809 e. The summed E-state index contributed by atoms with van der Waals surface area (Å²) in [4.78, 5) is 2.71. The van der Waals surface area contributed by atoms with Gasteiger partial charge >= 0.3 is 0 Å². The van der Waals surface area contributed by atoms with Gasteiger partial charge in [0.15, 0.2) is 0 Å². The monoisotopic (exact) mass is 413 g/mol. The molecule has 4 rings (SSSR count). The lowest BCUT2D eigenvalue weighted by atomic mass is 9.61. The van der Waals surface area contributed by atoms with E-state index in [4.69, 9.17) is 0 Å². The molecule has 3 heteroatoms. The molecule has 2 N–H and O–H groups in total. The van der Waals surface area contributed by atoms with Crippen molar-refractivity contribution < 1.29 is 10.2 Å². The molecule has 4 fully saturated rings. The van der Waals surface area contributed by atoms with E-state index in [1.54, 1.807) is 5.57 Å². The number of hydrogen-bond acceptors (Lipinski definition) is 3. The summed E-state index contributed by atoms with van der Waals surface area (Å²) in [6, 6.07) is 0. The van der Waals surface area contributed by atoms with Crippen molar-refractivity contribution in [3.05, 3.63) is 35.5 Å². The zero-order chi connectivity index (χ0) is 21.5. The number of nitrogens with zero attached hydrogens (tertiary/aromatic N) is 1. The van der Waals surface area contributed by atoms with E-state index >= 15 is 0 Å². The van der Waals surface area contributed by atoms with Crippen LogP contribution in [0.2, 0.25) is 0 Å². The highest BCUT2D eigenvalue weighted by Crippen LogP contribution is 2.59. The minimum Gasteiger partial charge on any atom is -0.388 e. The third kappa shape index (κ3) is 4.36. The first-order valence-corrected chi connectivity index (χ1v) is 12.4. The Hall–Kier alpha value is -0.900. The van der Waals surface area contributed by atoms with Crippen molar-refractivity contribution in [2.75, 3.05) is 19.6 Å². The molecule has 0 unspecified atom stereocenters. The standard InChI is InChI=1S/C27H43NO2/c1-18-11-13-28(16-18)17-19(2)23-9-10-24-22(6-5-12-27(23,24)4)8-7-21-14-25(29)20(3)26(30)15-21/h7-8,18-19,23-26,29-30H,3,5-6,9-17H2,1-2,4H3/b22-8+/t18-,19+,23+,24-,25+,26+,27+/m0/s1. The predicted octanol–water partition coefficient (Wildman–Crippen LogP) is 5.11. The molecule has 168 valence electrons. The molecule has 3 aliphatic carbocycles. The van der Waals surface area contributed by atoms with Gasteiger partial charge in [0.1, 0.15) is 0 Å². The van der Waals surface area contributed by atoms with Gasteiger partial charge in [-0.3, -0.25) is 0 Å². The SMILES string of the molecule is C=C1[C@H](O)CC(=C/C=C2\CCC[C@]3(C)[C@@H]([C@H](C)CN4CC[C@H](C)C4)CC[C@@H]23)C[C@H]1O. The molecule has 3 nitrogen and oxygen atoms in total. The number of rotatable bonds is 4. The molecule has 0 amide bonds. The summed E-state index contributed by atoms with van der Waals surface area (Å²) in [5.74, 6) is 3.19. The minimum absolute atomic E-state index is 0.438. The van der Waals surface area contributed by atoms with Crippen LogP contribution in [0.1, 0.15) is 72.1 Å². The van der Waals surface area contributed by atoms with Gasteiger partial charge in [0.2, 0.25) is 0 Å². The Morgan fingerprint density at radius 3 is 2.57 bits per heavy atom. The van der Waals surface area contributed by atoms with Crippen LogP contribution in [-0.2, 0) is 0 Å². The molecule has 7 atom stereocenters. The van der Waals surface area contributed by atoms with Crippen molar-refractivity contribution in [2.24, 2.45) is 29.1 Å². The van der Waals surface area contributed by atoms with E-state index in [1.807, 2.05) is 0 Å². The molecular formula is C27H43NO2. The van der Waals surface area contributed by atoms with Crippen LogP contribution < -0.4 is 0 Å². The quantitative estimate of drug-likeness (QED) is 0.630. The molecule has 4 aliphatic rings. The Balaban J connectivity index is 1.45. The predicted molar refractivity (Wildman–Crippen MR) is 124 cm³/mol. The van der Waals surface area contributed by atoms with Crippen LogP contribution in [0.4, 0.5) is 0 Å². The summed E-state index contributed by atoms with van der Waals surface area (Å²) in [6.07, 6.45) is 12.6. The molecule has 0 aromatic heterocycles. The molecule has 1 saturated heterocycles. The van der Waals surface area contributed by atoms with Crippen LogP contribution >= 0.6 is 0 Å². The summed E-state index contributed by atoms with van der Waals surface area (Å²) in [6.45, 7) is 15.2. The molecule has 1 heterocycles. The van der Waals surface area contributed by atoms with Gasteiger partial charge in [0.25, 0.3) is 0 Å². The fourth-order valence-electron chi connectivity index (χ4n) is 7.37. The molecule has 30 heavy (non-hydrogen) atoms. The fourth-order valence-corrected chi connectivity index (χ4v) is 7.37. The van der Waals surface area contributed by atoms with Gasteiger partial charge < -0.3 is 15.1 Å². The Bertz CT molecular complexity index is 694. The second-order valence-electron chi connectivity index (χ2n) is 11.3. The summed E-state index contributed by atoms with van der Waals surface area (Å²) in [5, 5.41) is 20.3. The highest BCUT2D eigenvalue weighted by molar-refractivity contribution is 5.29. The van der Waals surface area contributed by atoms with Gasteiger partial charge in [-0.05, 0) is 92.6 Å². The lowest BCUT2D eigenvalue weighted by Crippen LogP contribution is -2.39. The van der Waals surface area contributed by atoms with E-state index in [2.05, 4.69) is 44.4 Å². The van der Waals surface area contributed by atoms with Crippen molar-refractivity contribution in [1.29, 1.82) is 0 Å². The van der Waals surface area contributed by atoms with Gasteiger partial charge in [-0.25, -0.2) is 0 Å². The Kier molecular flexibility index (Phi) is 6.63. The van der Waals surface area contributed by atoms with Gasteiger partial charge in [0, 0.05) is 13.1 Å². The van der Waals surface area contributed by atoms with Crippen molar-refractivity contribution in [1.82, 2.24) is 4.90 Å². The normalized spacial score (nSPS) is 42.6. The molecule has 0 bridgehead atoms. The van der Waals surface area contributed by atoms with E-state index in [-0.39, 0.29) is 0 Å². The maximum Gasteiger partial charge on any atom is 0.0809 e. The number of likely N-dealkylation sites (tertiary alicyclic amines) is 1. The molecule has 0 aromatic carbocycles. The van der Waals surface area contributed by atoms with Crippen LogP contribution in [0, 0.1) is 29.1 Å². The third-order valence-corrected chi connectivity index (χ3v) is 9.08. The lowest BCUT2D eigenvalue weighted by Gasteiger charge is -2.45. The summed E-state index contributed by atoms with van der Waals surface area (Å²) in [7, 11) is 0. The van der Waals surface area contributed by atoms with Crippen LogP contribution in [0.25, 0.3) is 0 Å². The highest BCUT2D eigenvalue weighted by atomic mass is 16.3. The van der Waals surface area contributed by atoms with E-state index in [0.717, 1.165) is 23.3 Å². The topological polar surface area (TPSA) is 43.7 Å². The van der Waals surface area contributed by atoms with E-state index in [1.165, 1.54) is 58.2 Å².